The van der Waals surface area contributed by atoms with Crippen LogP contribution in [0.3, 0.4) is 0 Å². The normalized spacial score (nSPS) is 23.5. The molecule has 7 nitrogen and oxygen atoms in total. The van der Waals surface area contributed by atoms with Gasteiger partial charge in [-0.25, -0.2) is 18.1 Å². The Hall–Kier alpha value is -1.67. The summed E-state index contributed by atoms with van der Waals surface area (Å²) < 4.78 is 27.6. The molecule has 4 rings (SSSR count). The molecule has 130 valence electrons. The van der Waals surface area contributed by atoms with Gasteiger partial charge < -0.3 is 10.2 Å². The summed E-state index contributed by atoms with van der Waals surface area (Å²) in [6.07, 6.45) is 7.32. The van der Waals surface area contributed by atoms with Gasteiger partial charge in [0, 0.05) is 18.8 Å². The second-order valence-corrected chi connectivity index (χ2v) is 8.85. The molecule has 1 amide bonds. The van der Waals surface area contributed by atoms with E-state index in [0.29, 0.717) is 5.82 Å². The summed E-state index contributed by atoms with van der Waals surface area (Å²) in [5.41, 5.74) is -0.0915. The zero-order valence-corrected chi connectivity index (χ0v) is 14.3. The molecule has 3 fully saturated rings. The van der Waals surface area contributed by atoms with E-state index in [1.807, 2.05) is 4.90 Å². The van der Waals surface area contributed by atoms with Crippen LogP contribution in [-0.4, -0.2) is 44.0 Å². The first-order valence-electron chi connectivity index (χ1n) is 8.50. The molecule has 24 heavy (non-hydrogen) atoms. The first-order valence-corrected chi connectivity index (χ1v) is 9.99. The lowest BCUT2D eigenvalue weighted by Gasteiger charge is -2.34. The Balaban J connectivity index is 1.49. The van der Waals surface area contributed by atoms with Crippen molar-refractivity contribution in [3.8, 4) is 0 Å². The van der Waals surface area contributed by atoms with Gasteiger partial charge in [-0.05, 0) is 37.8 Å². The molecule has 2 N–H and O–H groups in total. The monoisotopic (exact) mass is 350 g/mol. The number of nitrogens with zero attached hydrogens (tertiary/aromatic N) is 2. The highest BCUT2D eigenvalue weighted by atomic mass is 32.2. The van der Waals surface area contributed by atoms with Gasteiger partial charge in [0.25, 0.3) is 0 Å². The Morgan fingerprint density at radius 2 is 2.00 bits per heavy atom. The van der Waals surface area contributed by atoms with Crippen LogP contribution in [0.2, 0.25) is 0 Å². The fourth-order valence-corrected chi connectivity index (χ4v) is 4.86. The minimum absolute atomic E-state index is 0.000137. The van der Waals surface area contributed by atoms with Gasteiger partial charge in [-0.3, -0.25) is 4.79 Å². The molecule has 2 saturated carbocycles. The number of rotatable bonds is 4. The lowest BCUT2D eigenvalue weighted by molar-refractivity contribution is -0.121. The number of sulfonamides is 1. The van der Waals surface area contributed by atoms with E-state index in [4.69, 9.17) is 0 Å². The molecule has 8 heteroatoms. The summed E-state index contributed by atoms with van der Waals surface area (Å²) in [5, 5.41) is 3.03. The number of aromatic nitrogens is 1. The summed E-state index contributed by atoms with van der Waals surface area (Å²) in [7, 11) is -3.52. The number of hydrogen-bond donors (Lipinski definition) is 2. The van der Waals surface area contributed by atoms with Crippen molar-refractivity contribution in [2.24, 2.45) is 0 Å². The fourth-order valence-electron chi connectivity index (χ4n) is 3.62. The van der Waals surface area contributed by atoms with Gasteiger partial charge >= 0.3 is 0 Å². The van der Waals surface area contributed by atoms with Gasteiger partial charge in [0.2, 0.25) is 15.9 Å². The number of carbonyl (C=O) groups is 1. The average Bonchev–Trinajstić information content (AvgIpc) is 3.07. The molecule has 0 aromatic carbocycles. The molecular weight excluding hydrogens is 328 g/mol. The summed E-state index contributed by atoms with van der Waals surface area (Å²) in [6, 6.07) is 3.30. The van der Waals surface area contributed by atoms with Crippen molar-refractivity contribution in [3.05, 3.63) is 18.3 Å². The summed E-state index contributed by atoms with van der Waals surface area (Å²) >= 11 is 0. The molecule has 0 unspecified atom stereocenters. The molecule has 1 aromatic rings. The first-order chi connectivity index (χ1) is 11.5. The Kier molecular flexibility index (Phi) is 3.76. The van der Waals surface area contributed by atoms with E-state index in [1.165, 1.54) is 6.20 Å². The van der Waals surface area contributed by atoms with Gasteiger partial charge in [0.15, 0.2) is 0 Å². The number of carbonyl (C=O) groups excluding carboxylic acids is 1. The van der Waals surface area contributed by atoms with E-state index in [1.54, 1.807) is 12.1 Å². The molecule has 2 aliphatic carbocycles. The third-order valence-electron chi connectivity index (χ3n) is 5.12. The van der Waals surface area contributed by atoms with Crippen LogP contribution in [0.5, 0.6) is 0 Å². The van der Waals surface area contributed by atoms with Crippen LogP contribution in [0.15, 0.2) is 23.2 Å². The van der Waals surface area contributed by atoms with Crippen molar-refractivity contribution >= 4 is 21.7 Å². The van der Waals surface area contributed by atoms with Gasteiger partial charge in [0.05, 0.1) is 12.1 Å². The SMILES string of the molecule is O=C1CN(c2ccc(S(=O)(=O)NC3CCCC3)cn2)CC2(CC2)N1. The number of hydrogen-bond acceptors (Lipinski definition) is 5. The molecule has 1 aliphatic heterocycles. The lowest BCUT2D eigenvalue weighted by Crippen LogP contribution is -2.56. The van der Waals surface area contributed by atoms with Crippen LogP contribution in [0.25, 0.3) is 0 Å². The maximum atomic E-state index is 12.4. The van der Waals surface area contributed by atoms with Gasteiger partial charge in [-0.2, -0.15) is 0 Å². The van der Waals surface area contributed by atoms with E-state index in [9.17, 15) is 13.2 Å². The Morgan fingerprint density at radius 1 is 1.25 bits per heavy atom. The second-order valence-electron chi connectivity index (χ2n) is 7.14. The molecule has 1 aromatic heterocycles. The smallest absolute Gasteiger partial charge is 0.242 e. The molecular formula is C16H22N4O3S. The van der Waals surface area contributed by atoms with Gasteiger partial charge in [0.1, 0.15) is 10.7 Å². The van der Waals surface area contributed by atoms with E-state index < -0.39 is 10.0 Å². The average molecular weight is 350 g/mol. The van der Waals surface area contributed by atoms with Crippen molar-refractivity contribution in [1.82, 2.24) is 15.0 Å². The molecule has 0 bridgehead atoms. The molecule has 0 radical (unpaired) electrons. The lowest BCUT2D eigenvalue weighted by atomic mass is 10.2. The topological polar surface area (TPSA) is 91.4 Å². The maximum absolute atomic E-state index is 12.4. The molecule has 2 heterocycles. The molecule has 3 aliphatic rings. The largest absolute Gasteiger partial charge is 0.347 e. The zero-order valence-electron chi connectivity index (χ0n) is 13.5. The van der Waals surface area contributed by atoms with E-state index in [0.717, 1.165) is 45.1 Å². The van der Waals surface area contributed by atoms with E-state index in [2.05, 4.69) is 15.0 Å². The van der Waals surface area contributed by atoms with Crippen molar-refractivity contribution in [2.75, 3.05) is 18.0 Å². The summed E-state index contributed by atoms with van der Waals surface area (Å²) in [6.45, 7) is 0.999. The molecule has 0 atom stereocenters. The predicted molar refractivity (Wildman–Crippen MR) is 89.1 cm³/mol. The highest BCUT2D eigenvalue weighted by molar-refractivity contribution is 7.89. The minimum atomic E-state index is -3.52. The minimum Gasteiger partial charge on any atom is -0.347 e. The standard InChI is InChI=1S/C16H22N4O3S/c21-15-10-20(11-16(18-15)7-8-16)14-6-5-13(9-17-14)24(22,23)19-12-3-1-2-4-12/h5-6,9,12,19H,1-4,7-8,10-11H2,(H,18,21). The molecule has 1 saturated heterocycles. The van der Waals surface area contributed by atoms with Crippen LogP contribution in [0, 0.1) is 0 Å². The number of anilines is 1. The highest BCUT2D eigenvalue weighted by Gasteiger charge is 2.48. The third kappa shape index (κ3) is 3.12. The van der Waals surface area contributed by atoms with Crippen molar-refractivity contribution in [3.63, 3.8) is 0 Å². The van der Waals surface area contributed by atoms with Crippen LogP contribution in [0.1, 0.15) is 38.5 Å². The van der Waals surface area contributed by atoms with E-state index >= 15 is 0 Å². The van der Waals surface area contributed by atoms with E-state index in [-0.39, 0.29) is 28.9 Å². The molecule has 1 spiro atoms. The van der Waals surface area contributed by atoms with Crippen molar-refractivity contribution in [2.45, 2.75) is 55.0 Å². The number of piperazine rings is 1. The number of amides is 1. The van der Waals surface area contributed by atoms with Crippen LogP contribution < -0.4 is 14.9 Å². The zero-order chi connectivity index (χ0) is 16.8. The predicted octanol–water partition coefficient (Wildman–Crippen LogP) is 0.771. The number of nitrogens with one attached hydrogen (secondary N) is 2. The van der Waals surface area contributed by atoms with Crippen molar-refractivity contribution < 1.29 is 13.2 Å². The second kappa shape index (κ2) is 5.70. The Morgan fingerprint density at radius 3 is 2.62 bits per heavy atom. The highest BCUT2D eigenvalue weighted by Crippen LogP contribution is 2.38. The Labute approximate surface area is 141 Å². The first kappa shape index (κ1) is 15.8. The van der Waals surface area contributed by atoms with Gasteiger partial charge in [-0.1, -0.05) is 12.8 Å². The maximum Gasteiger partial charge on any atom is 0.242 e. The quantitative estimate of drug-likeness (QED) is 0.837. The van der Waals surface area contributed by atoms with Crippen LogP contribution in [0.4, 0.5) is 5.82 Å². The van der Waals surface area contributed by atoms with Crippen LogP contribution >= 0.6 is 0 Å². The van der Waals surface area contributed by atoms with Gasteiger partial charge in [-0.15, -0.1) is 0 Å². The summed E-state index contributed by atoms with van der Waals surface area (Å²) in [5.74, 6) is 0.649. The third-order valence-corrected chi connectivity index (χ3v) is 6.62. The van der Waals surface area contributed by atoms with Crippen molar-refractivity contribution in [1.29, 1.82) is 0 Å². The van der Waals surface area contributed by atoms with Crippen LogP contribution in [-0.2, 0) is 14.8 Å². The fraction of sp³-hybridized carbons (Fsp3) is 0.625. The number of pyridine rings is 1. The Bertz CT molecular complexity index is 737. The summed E-state index contributed by atoms with van der Waals surface area (Å²) in [4.78, 5) is 18.2.